The number of carboxylic acid groups (broad SMARTS) is 2. The smallest absolute Gasteiger partial charge is 0.341 e. The maximum atomic E-state index is 13.2. The Bertz CT molecular complexity index is 4670. The van der Waals surface area contributed by atoms with Crippen LogP contribution in [-0.4, -0.2) is 116 Å². The zero-order valence-corrected chi connectivity index (χ0v) is 55.6. The summed E-state index contributed by atoms with van der Waals surface area (Å²) in [6.07, 6.45) is 1.20. The number of nitrogens with zero attached hydrogens (tertiary/aromatic N) is 2. The first kappa shape index (κ1) is 63.9. The number of benzene rings is 6. The quantitative estimate of drug-likeness (QED) is 0.0531. The third kappa shape index (κ3) is 11.3. The van der Waals surface area contributed by atoms with E-state index in [1.807, 2.05) is 95.6 Å². The first-order valence-corrected chi connectivity index (χ1v) is 35.1. The van der Waals surface area contributed by atoms with Gasteiger partial charge >= 0.3 is 23.9 Å². The maximum absolute atomic E-state index is 13.2. The third-order valence-corrected chi connectivity index (χ3v) is 23.0. The number of allylic oxidation sites excluding steroid dienone is 1. The Morgan fingerprint density at radius 2 is 0.990 bits per heavy atom. The van der Waals surface area contributed by atoms with E-state index in [2.05, 4.69) is 0 Å². The molecular weight excluding hydrogens is 1330 g/mol. The Morgan fingerprint density at radius 3 is 1.45 bits per heavy atom. The molecule has 8 aliphatic heterocycles. The number of β-lactam (4-membered cyclic amide) rings is 2. The maximum Gasteiger partial charge on any atom is 0.341 e. The van der Waals surface area contributed by atoms with Crippen LogP contribution in [-0.2, 0) is 62.3 Å². The number of amides is 2. The molecule has 2 N–H and O–H groups in total. The summed E-state index contributed by atoms with van der Waals surface area (Å²) < 4.78 is 48.4. The van der Waals surface area contributed by atoms with Gasteiger partial charge in [0.2, 0.25) is 11.8 Å². The molecule has 496 valence electrons. The normalized spacial score (nSPS) is 22.2. The van der Waals surface area contributed by atoms with Crippen molar-refractivity contribution in [3.8, 4) is 46.0 Å². The molecule has 0 radical (unpaired) electrons. The van der Waals surface area contributed by atoms with E-state index in [4.69, 9.17) is 48.1 Å². The summed E-state index contributed by atoms with van der Waals surface area (Å²) in [6.45, 7) is 3.29. The molecule has 2 saturated heterocycles. The minimum absolute atomic E-state index is 0.0145. The van der Waals surface area contributed by atoms with Crippen molar-refractivity contribution >= 4 is 93.5 Å². The van der Waals surface area contributed by atoms with Crippen LogP contribution in [0.1, 0.15) is 90.5 Å². The van der Waals surface area contributed by atoms with Crippen molar-refractivity contribution in [2.24, 2.45) is 11.8 Å². The monoisotopic (exact) mass is 1390 g/mol. The molecule has 8 aromatic rings. The molecule has 8 aliphatic rings. The number of hydrogen-bond acceptors (Lipinski definition) is 20. The van der Waals surface area contributed by atoms with Gasteiger partial charge in [-0.25, -0.2) is 19.2 Å². The van der Waals surface area contributed by atoms with Crippen molar-refractivity contribution in [1.29, 1.82) is 0 Å². The molecule has 7 atom stereocenters. The molecule has 24 heteroatoms. The van der Waals surface area contributed by atoms with Crippen LogP contribution in [0.15, 0.2) is 179 Å². The van der Waals surface area contributed by atoms with Gasteiger partial charge in [0.15, 0.2) is 24.4 Å². The van der Waals surface area contributed by atoms with E-state index in [1.165, 1.54) is 0 Å². The lowest BCUT2D eigenvalue weighted by molar-refractivity contribution is -0.155. The van der Waals surface area contributed by atoms with E-state index < -0.39 is 48.3 Å². The lowest BCUT2D eigenvalue weighted by atomic mass is 9.77. The highest BCUT2D eigenvalue weighted by molar-refractivity contribution is 8.02. The average molecular weight is 1390 g/mol. The Balaban J connectivity index is 0.000000160. The van der Waals surface area contributed by atoms with Crippen LogP contribution in [0.2, 0.25) is 0 Å². The number of thiophene rings is 2. The fourth-order valence-electron chi connectivity index (χ4n) is 13.9. The second-order valence-electron chi connectivity index (χ2n) is 24.5. The molecule has 6 aromatic carbocycles. The zero-order chi connectivity index (χ0) is 67.7. The van der Waals surface area contributed by atoms with Crippen molar-refractivity contribution in [2.45, 2.75) is 67.5 Å². The van der Waals surface area contributed by atoms with Gasteiger partial charge in [-0.15, -0.1) is 46.2 Å². The molecule has 2 aromatic heterocycles. The molecule has 0 saturated carbocycles. The van der Waals surface area contributed by atoms with Gasteiger partial charge < -0.3 is 57.9 Å². The standard InChI is InChI=1S/2C37H29NO9S2/c2*1-20-21(19-49-35-27(34(42)38(20)35)14-22(39)13-25-5-4-12-48-25)17-44-23-8-10-29-31(15-23)46-32-16-24(45-18-33(40)41)9-11-30(32)37(29)28-7-3-2-6-26(28)36(43)47-37/h2-12,15-16,27,35H,13-14,17-19H2,1H3,(H,40,41);2-12,15-16,19-20,27,35H,13-14,17-18H2,1H3,(H,40,41). The number of fused-ring (bicyclic) bond motifs is 14. The molecule has 10 heterocycles. The molecule has 20 nitrogen and oxygen atoms in total. The van der Waals surface area contributed by atoms with Gasteiger partial charge in [-0.3, -0.25) is 19.2 Å². The van der Waals surface area contributed by atoms with Crippen LogP contribution < -0.4 is 28.4 Å². The first-order valence-electron chi connectivity index (χ1n) is 31.4. The fraction of sp³-hybridized carbons (Fsp3) is 0.243. The topological polar surface area (TPSA) is 257 Å². The molecule has 0 bridgehead atoms. The Kier molecular flexibility index (Phi) is 16.8. The number of esters is 2. The number of aliphatic carboxylic acids is 2. The van der Waals surface area contributed by atoms with Crippen LogP contribution >= 0.6 is 46.2 Å². The molecular formula is C74H58N2O18S4. The minimum atomic E-state index is -1.30. The summed E-state index contributed by atoms with van der Waals surface area (Å²) in [6, 6.07) is 42.5. The van der Waals surface area contributed by atoms with E-state index in [0.29, 0.717) is 97.6 Å². The van der Waals surface area contributed by atoms with E-state index >= 15 is 0 Å². The van der Waals surface area contributed by atoms with Gasteiger partial charge in [-0.05, 0) is 114 Å². The van der Waals surface area contributed by atoms with Crippen molar-refractivity contribution in [3.05, 3.63) is 233 Å². The number of Topliss-reactive ketones (excluding diaryl/α,β-unsaturated/α-hetero) is 2. The van der Waals surface area contributed by atoms with Crippen molar-refractivity contribution in [2.75, 3.05) is 32.2 Å². The van der Waals surface area contributed by atoms with Crippen LogP contribution in [0, 0.1) is 11.8 Å². The number of ether oxygens (including phenoxy) is 8. The van der Waals surface area contributed by atoms with Crippen molar-refractivity contribution in [3.63, 3.8) is 0 Å². The number of rotatable bonds is 20. The summed E-state index contributed by atoms with van der Waals surface area (Å²) in [4.78, 5) is 106. The molecule has 98 heavy (non-hydrogen) atoms. The Morgan fingerprint density at radius 1 is 0.541 bits per heavy atom. The van der Waals surface area contributed by atoms with Crippen LogP contribution in [0.25, 0.3) is 0 Å². The third-order valence-electron chi connectivity index (χ3n) is 18.6. The van der Waals surface area contributed by atoms with Gasteiger partial charge in [0, 0.05) is 105 Å². The predicted octanol–water partition coefficient (Wildman–Crippen LogP) is 12.3. The number of ketones is 2. The zero-order valence-electron chi connectivity index (χ0n) is 52.3. The highest BCUT2D eigenvalue weighted by Crippen LogP contribution is 2.59. The van der Waals surface area contributed by atoms with Crippen molar-refractivity contribution < 1.29 is 86.5 Å². The largest absolute Gasteiger partial charge is 0.489 e. The summed E-state index contributed by atoms with van der Waals surface area (Å²) in [7, 11) is 0. The molecule has 16 rings (SSSR count). The second kappa shape index (κ2) is 25.7. The van der Waals surface area contributed by atoms with E-state index in [-0.39, 0.29) is 89.6 Å². The number of hydrogen-bond donors (Lipinski definition) is 2. The molecule has 2 fully saturated rings. The van der Waals surface area contributed by atoms with Crippen LogP contribution in [0.3, 0.4) is 0 Å². The highest BCUT2D eigenvalue weighted by atomic mass is 32.2. The summed E-state index contributed by atoms with van der Waals surface area (Å²) in [5, 5.41) is 24.0. The number of carbonyl (C=O) groups is 8. The Labute approximate surface area is 576 Å². The second-order valence-corrected chi connectivity index (χ2v) is 28.6. The summed E-state index contributed by atoms with van der Waals surface area (Å²) in [5.41, 5.74) is 4.74. The molecule has 7 unspecified atom stereocenters. The average Bonchev–Trinajstić information content (AvgIpc) is 1.49. The van der Waals surface area contributed by atoms with Gasteiger partial charge in [0.1, 0.15) is 70.8 Å². The number of thioether (sulfide) groups is 2. The van der Waals surface area contributed by atoms with E-state index in [9.17, 15) is 38.4 Å². The van der Waals surface area contributed by atoms with Gasteiger partial charge in [-0.2, -0.15) is 0 Å². The van der Waals surface area contributed by atoms with Crippen LogP contribution in [0.4, 0.5) is 0 Å². The lowest BCUT2D eigenvalue weighted by Gasteiger charge is -2.52. The summed E-state index contributed by atoms with van der Waals surface area (Å²) in [5.74, 6) is 0.0621. The van der Waals surface area contributed by atoms with Gasteiger partial charge in [-0.1, -0.05) is 48.5 Å². The van der Waals surface area contributed by atoms with E-state index in [1.54, 1.807) is 136 Å². The van der Waals surface area contributed by atoms with E-state index in [0.717, 1.165) is 26.6 Å². The summed E-state index contributed by atoms with van der Waals surface area (Å²) >= 11 is 6.28. The molecule has 0 aliphatic carbocycles. The number of carboxylic acids is 2. The Hall–Kier alpha value is -10.1. The first-order chi connectivity index (χ1) is 47.4. The SMILES string of the molecule is CC1=C(COc2ccc3c(c2)Oc2cc(OCC(=O)O)ccc2C32OC(=O)c3ccccc32)CSC2C(CC(=O)Cc3cccs3)C(=O)N12.CC1C(COc2ccc3c(c2)Oc2cc(OCC(=O)O)ccc2C32OC(=O)c3ccccc32)=CSC2C(CC(=O)Cc3cccs3)C(=O)N12. The molecule has 2 spiro atoms. The molecule has 2 amide bonds. The lowest BCUT2D eigenvalue weighted by Crippen LogP contribution is -2.64. The van der Waals surface area contributed by atoms with Gasteiger partial charge in [0.25, 0.3) is 0 Å². The number of carbonyl (C=O) groups excluding carboxylic acids is 6. The minimum Gasteiger partial charge on any atom is -0.489 e. The van der Waals surface area contributed by atoms with Gasteiger partial charge in [0.05, 0.1) is 39.8 Å². The van der Waals surface area contributed by atoms with Crippen molar-refractivity contribution in [1.82, 2.24) is 9.80 Å². The fourth-order valence-corrected chi connectivity index (χ4v) is 18.3. The van der Waals surface area contributed by atoms with Crippen LogP contribution in [0.5, 0.6) is 46.0 Å². The highest BCUT2D eigenvalue weighted by Gasteiger charge is 2.57. The predicted molar refractivity (Wildman–Crippen MR) is 360 cm³/mol.